The highest BCUT2D eigenvalue weighted by Gasteiger charge is 2.29. The van der Waals surface area contributed by atoms with E-state index in [0.29, 0.717) is 34.8 Å². The van der Waals surface area contributed by atoms with Crippen LogP contribution in [0.1, 0.15) is 32.5 Å². The summed E-state index contributed by atoms with van der Waals surface area (Å²) in [4.78, 5) is 30.0. The average molecular weight is 389 g/mol. The minimum Gasteiger partial charge on any atom is -0.493 e. The number of carbonyl (C=O) groups is 1. The Hall–Kier alpha value is -2.61. The summed E-state index contributed by atoms with van der Waals surface area (Å²) in [5.41, 5.74) is -0.0443. The number of hydrogen-bond acceptors (Lipinski definition) is 6. The minimum absolute atomic E-state index is 0.0324. The molecule has 0 radical (unpaired) electrons. The Morgan fingerprint density at radius 3 is 2.64 bits per heavy atom. The number of nitrogens with zero attached hydrogens (tertiary/aromatic N) is 2. The lowest BCUT2D eigenvalue weighted by Gasteiger charge is -2.35. The lowest BCUT2D eigenvalue weighted by molar-refractivity contribution is -0.124. The lowest BCUT2D eigenvalue weighted by atomic mass is 9.94. The van der Waals surface area contributed by atoms with Gasteiger partial charge in [-0.2, -0.15) is 0 Å². The number of fused-ring (bicyclic) bond motifs is 1. The highest BCUT2D eigenvalue weighted by atomic mass is 16.5. The van der Waals surface area contributed by atoms with Gasteiger partial charge in [-0.15, -0.1) is 0 Å². The van der Waals surface area contributed by atoms with Gasteiger partial charge in [0.2, 0.25) is 5.91 Å². The third-order valence-corrected chi connectivity index (χ3v) is 5.01. The van der Waals surface area contributed by atoms with Gasteiger partial charge in [0.15, 0.2) is 11.5 Å². The van der Waals surface area contributed by atoms with Crippen LogP contribution in [0.4, 0.5) is 0 Å². The molecule has 3 rings (SSSR count). The lowest BCUT2D eigenvalue weighted by Crippen LogP contribution is -2.47. The second-order valence-electron chi connectivity index (χ2n) is 7.64. The van der Waals surface area contributed by atoms with Crippen molar-refractivity contribution in [1.29, 1.82) is 0 Å². The fourth-order valence-corrected chi connectivity index (χ4v) is 3.62. The molecule has 0 spiro atoms. The van der Waals surface area contributed by atoms with E-state index >= 15 is 0 Å². The number of carbonyl (C=O) groups excluding carboxylic acids is 1. The zero-order valence-electron chi connectivity index (χ0n) is 17.0. The topological polar surface area (TPSA) is 91.7 Å². The van der Waals surface area contributed by atoms with Crippen LogP contribution in [0.5, 0.6) is 11.5 Å². The molecule has 0 unspecified atom stereocenters. The van der Waals surface area contributed by atoms with Gasteiger partial charge in [0.1, 0.15) is 12.4 Å². The van der Waals surface area contributed by atoms with E-state index in [1.54, 1.807) is 19.1 Å². The maximum Gasteiger partial charge on any atom is 0.262 e. The molecule has 1 aliphatic heterocycles. The summed E-state index contributed by atoms with van der Waals surface area (Å²) in [6, 6.07) is 3.29. The smallest absolute Gasteiger partial charge is 0.262 e. The van der Waals surface area contributed by atoms with Gasteiger partial charge in [-0.1, -0.05) is 0 Å². The first-order valence-electron chi connectivity index (χ1n) is 9.30. The SMILES string of the molecule is COc1cc2nc(C)n(CC(=O)N[C@@H]3CCOC(C)(C)C3)c(=O)c2cc1OC. The second kappa shape index (κ2) is 7.79. The molecule has 1 fully saturated rings. The number of hydrogen-bond donors (Lipinski definition) is 1. The molecule has 1 aromatic heterocycles. The number of aryl methyl sites for hydroxylation is 1. The summed E-state index contributed by atoms with van der Waals surface area (Å²) in [6.45, 7) is 6.25. The monoisotopic (exact) mass is 389 g/mol. The van der Waals surface area contributed by atoms with Gasteiger partial charge in [0, 0.05) is 18.7 Å². The Labute approximate surface area is 163 Å². The van der Waals surface area contributed by atoms with Gasteiger partial charge in [0.05, 0.1) is 30.7 Å². The fraction of sp³-hybridized carbons (Fsp3) is 0.550. The summed E-state index contributed by atoms with van der Waals surface area (Å²) >= 11 is 0. The minimum atomic E-state index is -0.286. The molecule has 1 aromatic carbocycles. The highest BCUT2D eigenvalue weighted by molar-refractivity contribution is 5.82. The molecule has 2 aromatic rings. The average Bonchev–Trinajstić information content (AvgIpc) is 2.63. The maximum atomic E-state index is 13.0. The molecule has 0 saturated carbocycles. The highest BCUT2D eigenvalue weighted by Crippen LogP contribution is 2.30. The van der Waals surface area contributed by atoms with Gasteiger partial charge >= 0.3 is 0 Å². The van der Waals surface area contributed by atoms with E-state index in [1.165, 1.54) is 18.8 Å². The molecule has 2 heterocycles. The Bertz CT molecular complexity index is 951. The van der Waals surface area contributed by atoms with Gasteiger partial charge in [-0.25, -0.2) is 4.98 Å². The quantitative estimate of drug-likeness (QED) is 0.838. The number of amides is 1. The first-order valence-corrected chi connectivity index (χ1v) is 9.30. The summed E-state index contributed by atoms with van der Waals surface area (Å²) in [7, 11) is 3.03. The largest absolute Gasteiger partial charge is 0.493 e. The second-order valence-corrected chi connectivity index (χ2v) is 7.64. The molecule has 1 atom stereocenters. The van der Waals surface area contributed by atoms with Crippen molar-refractivity contribution < 1.29 is 19.0 Å². The maximum absolute atomic E-state index is 13.0. The molecule has 152 valence electrons. The molecule has 0 bridgehead atoms. The molecule has 28 heavy (non-hydrogen) atoms. The van der Waals surface area contributed by atoms with Crippen molar-refractivity contribution >= 4 is 16.8 Å². The van der Waals surface area contributed by atoms with E-state index in [-0.39, 0.29) is 29.7 Å². The molecular formula is C20H27N3O5. The third kappa shape index (κ3) is 4.11. The normalized spacial score (nSPS) is 18.7. The van der Waals surface area contributed by atoms with Crippen molar-refractivity contribution in [2.45, 2.75) is 51.8 Å². The van der Waals surface area contributed by atoms with Crippen molar-refractivity contribution in [3.8, 4) is 11.5 Å². The van der Waals surface area contributed by atoms with Gasteiger partial charge in [0.25, 0.3) is 5.56 Å². The molecular weight excluding hydrogens is 362 g/mol. The van der Waals surface area contributed by atoms with Gasteiger partial charge < -0.3 is 19.5 Å². The van der Waals surface area contributed by atoms with Crippen molar-refractivity contribution in [2.24, 2.45) is 0 Å². The summed E-state index contributed by atoms with van der Waals surface area (Å²) in [6.07, 6.45) is 1.50. The standard InChI is InChI=1S/C20H27N3O5/c1-12-21-15-9-17(27-5)16(26-4)8-14(15)19(25)23(12)11-18(24)22-13-6-7-28-20(2,3)10-13/h8-9,13H,6-7,10-11H2,1-5H3,(H,22,24)/t13-/m1/s1. The molecule has 0 aliphatic carbocycles. The van der Waals surface area contributed by atoms with E-state index in [2.05, 4.69) is 10.3 Å². The van der Waals surface area contributed by atoms with Crippen molar-refractivity contribution in [3.63, 3.8) is 0 Å². The summed E-state index contributed by atoms with van der Waals surface area (Å²) in [5.74, 6) is 1.19. The predicted molar refractivity (Wildman–Crippen MR) is 105 cm³/mol. The Morgan fingerprint density at radius 1 is 1.32 bits per heavy atom. The van der Waals surface area contributed by atoms with Crippen LogP contribution in [-0.2, 0) is 16.1 Å². The van der Waals surface area contributed by atoms with Gasteiger partial charge in [-0.3, -0.25) is 14.2 Å². The number of ether oxygens (including phenoxy) is 3. The fourth-order valence-electron chi connectivity index (χ4n) is 3.62. The van der Waals surface area contributed by atoms with Crippen molar-refractivity contribution in [3.05, 3.63) is 28.3 Å². The van der Waals surface area contributed by atoms with Gasteiger partial charge in [-0.05, 0) is 39.7 Å². The molecule has 8 nitrogen and oxygen atoms in total. The van der Waals surface area contributed by atoms with Crippen LogP contribution >= 0.6 is 0 Å². The zero-order chi connectivity index (χ0) is 20.5. The molecule has 1 amide bonds. The summed E-state index contributed by atoms with van der Waals surface area (Å²) in [5, 5.41) is 3.39. The Morgan fingerprint density at radius 2 is 2.00 bits per heavy atom. The molecule has 1 saturated heterocycles. The van der Waals surface area contributed by atoms with E-state index in [1.807, 2.05) is 13.8 Å². The number of aromatic nitrogens is 2. The number of methoxy groups -OCH3 is 2. The Kier molecular flexibility index (Phi) is 5.60. The zero-order valence-corrected chi connectivity index (χ0v) is 17.0. The first-order chi connectivity index (χ1) is 13.2. The van der Waals surface area contributed by atoms with Crippen molar-refractivity contribution in [2.75, 3.05) is 20.8 Å². The van der Waals surface area contributed by atoms with E-state index in [4.69, 9.17) is 14.2 Å². The Balaban J connectivity index is 1.86. The number of benzene rings is 1. The van der Waals surface area contributed by atoms with Crippen LogP contribution in [0.25, 0.3) is 10.9 Å². The van der Waals surface area contributed by atoms with E-state index < -0.39 is 0 Å². The molecule has 1 N–H and O–H groups in total. The van der Waals surface area contributed by atoms with Crippen LogP contribution in [0.3, 0.4) is 0 Å². The van der Waals surface area contributed by atoms with Crippen LogP contribution < -0.4 is 20.3 Å². The summed E-state index contributed by atoms with van der Waals surface area (Å²) < 4.78 is 17.6. The predicted octanol–water partition coefficient (Wildman–Crippen LogP) is 1.80. The van der Waals surface area contributed by atoms with Crippen LogP contribution in [0.2, 0.25) is 0 Å². The number of nitrogens with one attached hydrogen (secondary N) is 1. The van der Waals surface area contributed by atoms with Crippen molar-refractivity contribution in [1.82, 2.24) is 14.9 Å². The molecule has 8 heteroatoms. The van der Waals surface area contributed by atoms with E-state index in [0.717, 1.165) is 12.8 Å². The van der Waals surface area contributed by atoms with E-state index in [9.17, 15) is 9.59 Å². The third-order valence-electron chi connectivity index (χ3n) is 5.01. The number of rotatable bonds is 5. The first kappa shape index (κ1) is 20.1. The molecule has 1 aliphatic rings. The van der Waals surface area contributed by atoms with Crippen LogP contribution in [-0.4, -0.2) is 47.9 Å². The van der Waals surface area contributed by atoms with Crippen LogP contribution in [0.15, 0.2) is 16.9 Å². The van der Waals surface area contributed by atoms with Crippen LogP contribution in [0, 0.1) is 6.92 Å².